The van der Waals surface area contributed by atoms with Gasteiger partial charge in [0.1, 0.15) is 12.4 Å². The van der Waals surface area contributed by atoms with Gasteiger partial charge in [0.2, 0.25) is 0 Å². The van der Waals surface area contributed by atoms with E-state index in [0.717, 1.165) is 31.4 Å². The van der Waals surface area contributed by atoms with Crippen molar-refractivity contribution in [2.24, 2.45) is 0 Å². The number of aromatic nitrogens is 1. The van der Waals surface area contributed by atoms with Gasteiger partial charge in [-0.1, -0.05) is 5.16 Å². The van der Waals surface area contributed by atoms with Crippen LogP contribution in [0.3, 0.4) is 0 Å². The number of aliphatic hydroxyl groups excluding tert-OH is 1. The first-order chi connectivity index (χ1) is 12.1. The molecule has 0 spiro atoms. The van der Waals surface area contributed by atoms with E-state index in [1.165, 1.54) is 12.1 Å². The number of benzene rings is 1. The second-order valence-electron chi connectivity index (χ2n) is 5.87. The summed E-state index contributed by atoms with van der Waals surface area (Å²) in [7, 11) is 0. The fraction of sp³-hybridized carbons (Fsp3) is 0.412. The molecule has 0 unspecified atom stereocenters. The van der Waals surface area contributed by atoms with Gasteiger partial charge in [0.25, 0.3) is 5.91 Å². The molecule has 1 atom stereocenters. The van der Waals surface area contributed by atoms with Crippen LogP contribution in [0.1, 0.15) is 35.5 Å². The van der Waals surface area contributed by atoms with Crippen molar-refractivity contribution in [2.75, 3.05) is 13.2 Å². The molecular weight excluding hydrogens is 334 g/mol. The number of aliphatic hydroxyl groups is 1. The van der Waals surface area contributed by atoms with Gasteiger partial charge < -0.3 is 19.3 Å². The molecule has 0 aliphatic carbocycles. The fourth-order valence-corrected chi connectivity index (χ4v) is 2.83. The third kappa shape index (κ3) is 3.96. The van der Waals surface area contributed by atoms with Gasteiger partial charge >= 0.3 is 0 Å². The lowest BCUT2D eigenvalue weighted by Crippen LogP contribution is -2.45. The largest absolute Gasteiger partial charge is 0.482 e. The maximum Gasteiger partial charge on any atom is 0.276 e. The number of carbonyl (C=O) groups excluding carboxylic acids is 1. The Bertz CT molecular complexity index is 750. The second kappa shape index (κ2) is 7.60. The minimum atomic E-state index is -0.824. The minimum Gasteiger partial charge on any atom is -0.482 e. The number of piperidine rings is 1. The molecule has 1 N–H and O–H groups in total. The van der Waals surface area contributed by atoms with Crippen LogP contribution in [0.4, 0.5) is 8.78 Å². The van der Waals surface area contributed by atoms with Crippen LogP contribution in [0.15, 0.2) is 28.8 Å². The number of amides is 1. The highest BCUT2D eigenvalue weighted by Gasteiger charge is 2.28. The topological polar surface area (TPSA) is 75.8 Å². The Hall–Kier alpha value is -2.48. The molecule has 1 amide bonds. The zero-order valence-corrected chi connectivity index (χ0v) is 13.5. The highest BCUT2D eigenvalue weighted by molar-refractivity contribution is 5.92. The molecule has 0 saturated carbocycles. The lowest BCUT2D eigenvalue weighted by atomic mass is 10.0. The molecule has 1 aliphatic heterocycles. The number of likely N-dealkylation sites (tertiary alicyclic amines) is 1. The monoisotopic (exact) mass is 352 g/mol. The molecule has 3 rings (SSSR count). The smallest absolute Gasteiger partial charge is 0.276 e. The first kappa shape index (κ1) is 17.3. The second-order valence-corrected chi connectivity index (χ2v) is 5.87. The standard InChI is InChI=1S/C17H18F2N2O4/c18-11-4-5-16(14(19)7-11)24-10-13-8-15(20-25-13)17(23)21-6-2-1-3-12(21)9-22/h4-5,7-8,12,22H,1-3,6,9-10H2/t12-/m0/s1. The van der Waals surface area contributed by atoms with Crippen LogP contribution in [0, 0.1) is 11.6 Å². The summed E-state index contributed by atoms with van der Waals surface area (Å²) in [5.41, 5.74) is 0.110. The molecule has 2 aromatic rings. The van der Waals surface area contributed by atoms with E-state index in [4.69, 9.17) is 9.26 Å². The van der Waals surface area contributed by atoms with Crippen LogP contribution in [-0.2, 0) is 6.61 Å². The van der Waals surface area contributed by atoms with E-state index >= 15 is 0 Å². The molecule has 1 aromatic heterocycles. The Balaban J connectivity index is 1.64. The molecule has 1 saturated heterocycles. The summed E-state index contributed by atoms with van der Waals surface area (Å²) < 4.78 is 36.6. The average molecular weight is 352 g/mol. The van der Waals surface area contributed by atoms with E-state index in [1.54, 1.807) is 4.90 Å². The van der Waals surface area contributed by atoms with Gasteiger partial charge in [-0.15, -0.1) is 0 Å². The van der Waals surface area contributed by atoms with Crippen LogP contribution in [0.2, 0.25) is 0 Å². The number of hydrogen-bond acceptors (Lipinski definition) is 5. The van der Waals surface area contributed by atoms with E-state index in [-0.39, 0.29) is 42.4 Å². The lowest BCUT2D eigenvalue weighted by Gasteiger charge is -2.33. The van der Waals surface area contributed by atoms with E-state index in [9.17, 15) is 18.7 Å². The molecule has 8 heteroatoms. The first-order valence-corrected chi connectivity index (χ1v) is 8.03. The van der Waals surface area contributed by atoms with Gasteiger partial charge in [-0.2, -0.15) is 0 Å². The molecule has 2 heterocycles. The maximum atomic E-state index is 13.5. The molecule has 1 aliphatic rings. The fourth-order valence-electron chi connectivity index (χ4n) is 2.83. The summed E-state index contributed by atoms with van der Waals surface area (Å²) in [4.78, 5) is 14.1. The van der Waals surface area contributed by atoms with E-state index < -0.39 is 11.6 Å². The van der Waals surface area contributed by atoms with Crippen molar-refractivity contribution in [1.82, 2.24) is 10.1 Å². The zero-order valence-electron chi connectivity index (χ0n) is 13.5. The molecule has 1 aromatic carbocycles. The van der Waals surface area contributed by atoms with Gasteiger partial charge in [0.15, 0.2) is 23.0 Å². The highest BCUT2D eigenvalue weighted by atomic mass is 19.1. The normalized spacial score (nSPS) is 17.6. The van der Waals surface area contributed by atoms with Crippen LogP contribution >= 0.6 is 0 Å². The van der Waals surface area contributed by atoms with Crippen LogP contribution < -0.4 is 4.74 Å². The number of ether oxygens (including phenoxy) is 1. The lowest BCUT2D eigenvalue weighted by molar-refractivity contribution is 0.0493. The van der Waals surface area contributed by atoms with Gasteiger partial charge in [-0.3, -0.25) is 4.79 Å². The van der Waals surface area contributed by atoms with E-state index in [0.29, 0.717) is 6.54 Å². The Morgan fingerprint density at radius 1 is 1.36 bits per heavy atom. The van der Waals surface area contributed by atoms with Crippen molar-refractivity contribution in [3.05, 3.63) is 47.4 Å². The molecular formula is C17H18F2N2O4. The van der Waals surface area contributed by atoms with Gasteiger partial charge in [-0.25, -0.2) is 8.78 Å². The number of nitrogens with zero attached hydrogens (tertiary/aromatic N) is 2. The molecule has 134 valence electrons. The maximum absolute atomic E-state index is 13.5. The average Bonchev–Trinajstić information content (AvgIpc) is 3.09. The van der Waals surface area contributed by atoms with Crippen molar-refractivity contribution in [1.29, 1.82) is 0 Å². The first-order valence-electron chi connectivity index (χ1n) is 8.03. The number of hydrogen-bond donors (Lipinski definition) is 1. The number of halogens is 2. The summed E-state index contributed by atoms with van der Waals surface area (Å²) in [5.74, 6) is -1.72. The molecule has 0 radical (unpaired) electrons. The Morgan fingerprint density at radius 2 is 2.20 bits per heavy atom. The van der Waals surface area contributed by atoms with Crippen molar-refractivity contribution >= 4 is 5.91 Å². The Labute approximate surface area is 143 Å². The predicted molar refractivity (Wildman–Crippen MR) is 83.0 cm³/mol. The molecule has 1 fully saturated rings. The molecule has 25 heavy (non-hydrogen) atoms. The molecule has 0 bridgehead atoms. The Kier molecular flexibility index (Phi) is 5.28. The van der Waals surface area contributed by atoms with Gasteiger partial charge in [-0.05, 0) is 31.4 Å². The van der Waals surface area contributed by atoms with E-state index in [1.807, 2.05) is 0 Å². The third-order valence-corrected chi connectivity index (χ3v) is 4.14. The number of carbonyl (C=O) groups is 1. The third-order valence-electron chi connectivity index (χ3n) is 4.14. The predicted octanol–water partition coefficient (Wildman–Crippen LogP) is 2.52. The Morgan fingerprint density at radius 3 is 2.96 bits per heavy atom. The van der Waals surface area contributed by atoms with Crippen molar-refractivity contribution in [2.45, 2.75) is 31.9 Å². The van der Waals surface area contributed by atoms with Gasteiger partial charge in [0, 0.05) is 18.7 Å². The summed E-state index contributed by atoms with van der Waals surface area (Å²) in [6, 6.07) is 4.18. The van der Waals surface area contributed by atoms with Crippen molar-refractivity contribution in [3.8, 4) is 5.75 Å². The minimum absolute atomic E-state index is 0.0938. The molecule has 6 nitrogen and oxygen atoms in total. The van der Waals surface area contributed by atoms with Gasteiger partial charge in [0.05, 0.1) is 12.6 Å². The summed E-state index contributed by atoms with van der Waals surface area (Å²) >= 11 is 0. The SMILES string of the molecule is O=C(c1cc(COc2ccc(F)cc2F)on1)N1CCCC[C@H]1CO. The highest BCUT2D eigenvalue weighted by Crippen LogP contribution is 2.21. The van der Waals surface area contributed by atoms with Crippen LogP contribution in [-0.4, -0.2) is 40.3 Å². The van der Waals surface area contributed by atoms with Crippen molar-refractivity contribution < 1.29 is 27.9 Å². The number of rotatable bonds is 5. The zero-order chi connectivity index (χ0) is 17.8. The summed E-state index contributed by atoms with van der Waals surface area (Å²) in [5, 5.41) is 13.1. The van der Waals surface area contributed by atoms with E-state index in [2.05, 4.69) is 5.16 Å². The van der Waals surface area contributed by atoms with Crippen LogP contribution in [0.5, 0.6) is 5.75 Å². The summed E-state index contributed by atoms with van der Waals surface area (Å²) in [6.45, 7) is 0.319. The quantitative estimate of drug-likeness (QED) is 0.895. The van der Waals surface area contributed by atoms with Crippen molar-refractivity contribution in [3.63, 3.8) is 0 Å². The van der Waals surface area contributed by atoms with Crippen LogP contribution in [0.25, 0.3) is 0 Å². The summed E-state index contributed by atoms with van der Waals surface area (Å²) in [6.07, 6.45) is 2.59.